The molecule has 1 atom stereocenters. The Kier molecular flexibility index (Phi) is 6.51. The number of aromatic nitrogens is 3. The minimum absolute atomic E-state index is 0.0258. The molecule has 0 aliphatic carbocycles. The molecule has 3 aromatic rings. The third-order valence-electron chi connectivity index (χ3n) is 6.98. The van der Waals surface area contributed by atoms with Crippen LogP contribution in [0.1, 0.15) is 57.8 Å². The Morgan fingerprint density at radius 2 is 1.91 bits per heavy atom. The number of nitriles is 1. The van der Waals surface area contributed by atoms with Gasteiger partial charge in [-0.3, -0.25) is 9.89 Å². The molecule has 8 nitrogen and oxygen atoms in total. The number of carbonyl (C=O) groups is 1. The maximum Gasteiger partial charge on any atom is 0.336 e. The van der Waals surface area contributed by atoms with Crippen LogP contribution in [-0.2, 0) is 4.74 Å². The lowest BCUT2D eigenvalue weighted by atomic mass is 9.88. The minimum atomic E-state index is -0.0258. The van der Waals surface area contributed by atoms with Crippen LogP contribution in [0.5, 0.6) is 6.01 Å². The molecule has 1 amide bonds. The summed E-state index contributed by atoms with van der Waals surface area (Å²) in [5, 5.41) is 16.2. The van der Waals surface area contributed by atoms with Gasteiger partial charge in [-0.25, -0.2) is 0 Å². The Balaban J connectivity index is 1.29. The predicted octanol–water partition coefficient (Wildman–Crippen LogP) is 4.15. The highest BCUT2D eigenvalue weighted by Crippen LogP contribution is 2.31. The van der Waals surface area contributed by atoms with Gasteiger partial charge in [0.25, 0.3) is 5.91 Å². The van der Waals surface area contributed by atoms with Crippen molar-refractivity contribution in [1.29, 1.82) is 5.26 Å². The number of hydrogen-bond donors (Lipinski definition) is 1. The molecule has 5 rings (SSSR count). The summed E-state index contributed by atoms with van der Waals surface area (Å²) in [6.07, 6.45) is 2.61. The lowest BCUT2D eigenvalue weighted by Crippen LogP contribution is -2.38. The zero-order valence-corrected chi connectivity index (χ0v) is 20.1. The van der Waals surface area contributed by atoms with Crippen molar-refractivity contribution in [2.24, 2.45) is 0 Å². The van der Waals surface area contributed by atoms with Gasteiger partial charge < -0.3 is 14.4 Å². The number of likely N-dealkylation sites (tertiary alicyclic amines) is 1. The molecule has 3 heterocycles. The van der Waals surface area contributed by atoms with Gasteiger partial charge in [0.1, 0.15) is 6.10 Å². The van der Waals surface area contributed by atoms with Gasteiger partial charge in [0, 0.05) is 30.6 Å². The van der Waals surface area contributed by atoms with Crippen LogP contribution in [-0.4, -0.2) is 58.4 Å². The van der Waals surface area contributed by atoms with Crippen LogP contribution in [0.25, 0.3) is 11.4 Å². The highest BCUT2D eigenvalue weighted by atomic mass is 16.6. The summed E-state index contributed by atoms with van der Waals surface area (Å²) in [5.41, 5.74) is 5.40. The summed E-state index contributed by atoms with van der Waals surface area (Å²) in [6, 6.07) is 14.2. The molecule has 2 aromatic carbocycles. The van der Waals surface area contributed by atoms with Crippen molar-refractivity contribution >= 4 is 5.91 Å². The fourth-order valence-electron chi connectivity index (χ4n) is 4.93. The number of rotatable bonds is 5. The van der Waals surface area contributed by atoms with Gasteiger partial charge in [-0.2, -0.15) is 10.2 Å². The molecule has 2 aliphatic rings. The van der Waals surface area contributed by atoms with E-state index in [2.05, 4.69) is 21.3 Å². The molecule has 0 spiro atoms. The van der Waals surface area contributed by atoms with Crippen LogP contribution in [0, 0.1) is 25.2 Å². The van der Waals surface area contributed by atoms with E-state index in [0.29, 0.717) is 55.2 Å². The van der Waals surface area contributed by atoms with Crippen LogP contribution >= 0.6 is 0 Å². The topological polar surface area (TPSA) is 104 Å². The predicted molar refractivity (Wildman–Crippen MR) is 130 cm³/mol. The van der Waals surface area contributed by atoms with E-state index < -0.39 is 0 Å². The molecule has 2 fully saturated rings. The normalized spacial score (nSPS) is 18.4. The van der Waals surface area contributed by atoms with Crippen molar-refractivity contribution in [3.05, 3.63) is 64.2 Å². The van der Waals surface area contributed by atoms with Crippen molar-refractivity contribution in [2.45, 2.75) is 45.1 Å². The number of aromatic amines is 1. The number of piperidine rings is 1. The molecule has 1 N–H and O–H groups in total. The number of H-pyrrole nitrogens is 1. The number of benzene rings is 2. The van der Waals surface area contributed by atoms with E-state index in [4.69, 9.17) is 14.7 Å². The van der Waals surface area contributed by atoms with Crippen LogP contribution in [0.2, 0.25) is 0 Å². The zero-order valence-electron chi connectivity index (χ0n) is 20.1. The average Bonchev–Trinajstić information content (AvgIpc) is 3.57. The smallest absolute Gasteiger partial charge is 0.336 e. The molecule has 1 unspecified atom stereocenters. The number of aryl methyl sites for hydroxylation is 2. The molecule has 180 valence electrons. The molecular formula is C27H29N5O3. The van der Waals surface area contributed by atoms with Gasteiger partial charge in [-0.05, 0) is 67.5 Å². The van der Waals surface area contributed by atoms with Crippen molar-refractivity contribution in [3.8, 4) is 23.5 Å². The van der Waals surface area contributed by atoms with Crippen molar-refractivity contribution in [2.75, 3.05) is 26.3 Å². The molecule has 35 heavy (non-hydrogen) atoms. The maximum atomic E-state index is 13.5. The number of nitrogens with zero attached hydrogens (tertiary/aromatic N) is 4. The van der Waals surface area contributed by atoms with Gasteiger partial charge >= 0.3 is 6.01 Å². The Labute approximate surface area is 204 Å². The molecule has 8 heteroatoms. The highest BCUT2D eigenvalue weighted by Gasteiger charge is 2.26. The molecular weight excluding hydrogens is 442 g/mol. The number of amides is 1. The van der Waals surface area contributed by atoms with Gasteiger partial charge in [-0.15, -0.1) is 5.10 Å². The summed E-state index contributed by atoms with van der Waals surface area (Å²) in [7, 11) is 0. The number of hydrogen-bond acceptors (Lipinski definition) is 6. The third-order valence-corrected chi connectivity index (χ3v) is 6.98. The van der Waals surface area contributed by atoms with Crippen LogP contribution in [0.4, 0.5) is 0 Å². The second-order valence-corrected chi connectivity index (χ2v) is 9.35. The van der Waals surface area contributed by atoms with Gasteiger partial charge in [0.15, 0.2) is 5.82 Å². The quantitative estimate of drug-likeness (QED) is 0.600. The lowest BCUT2D eigenvalue weighted by molar-refractivity contribution is 0.0712. The van der Waals surface area contributed by atoms with E-state index in [1.807, 2.05) is 55.1 Å². The first-order chi connectivity index (χ1) is 17.0. The second-order valence-electron chi connectivity index (χ2n) is 9.35. The maximum absolute atomic E-state index is 13.5. The summed E-state index contributed by atoms with van der Waals surface area (Å²) in [4.78, 5) is 19.9. The third kappa shape index (κ3) is 4.91. The van der Waals surface area contributed by atoms with E-state index in [1.54, 1.807) is 0 Å². The Morgan fingerprint density at radius 1 is 1.14 bits per heavy atom. The minimum Gasteiger partial charge on any atom is -0.457 e. The monoisotopic (exact) mass is 471 g/mol. The first-order valence-electron chi connectivity index (χ1n) is 12.1. The van der Waals surface area contributed by atoms with Crippen LogP contribution in [0.3, 0.4) is 0 Å². The van der Waals surface area contributed by atoms with Crippen molar-refractivity contribution in [1.82, 2.24) is 20.1 Å². The van der Waals surface area contributed by atoms with Crippen molar-refractivity contribution in [3.63, 3.8) is 0 Å². The summed E-state index contributed by atoms with van der Waals surface area (Å²) in [5.74, 6) is 1.03. The Hall–Kier alpha value is -3.70. The fraction of sp³-hybridized carbons (Fsp3) is 0.407. The Morgan fingerprint density at radius 3 is 2.60 bits per heavy atom. The number of ether oxygens (including phenoxy) is 2. The molecule has 0 bridgehead atoms. The zero-order chi connectivity index (χ0) is 24.4. The SMILES string of the molecule is Cc1cc(C)c(-c2nc(OC3CCOC3)n[nH]2)cc1C(=O)N1CCC(c2ccc(C#N)cc2)CC1. The van der Waals surface area contributed by atoms with Gasteiger partial charge in [0.05, 0.1) is 24.8 Å². The van der Waals surface area contributed by atoms with Gasteiger partial charge in [0.2, 0.25) is 0 Å². The number of carbonyl (C=O) groups excluding carboxylic acids is 1. The first-order valence-corrected chi connectivity index (χ1v) is 12.1. The fourth-order valence-corrected chi connectivity index (χ4v) is 4.93. The summed E-state index contributed by atoms with van der Waals surface area (Å²) < 4.78 is 11.2. The van der Waals surface area contributed by atoms with E-state index in [9.17, 15) is 4.79 Å². The number of nitrogens with one attached hydrogen (secondary N) is 1. The van der Waals surface area contributed by atoms with Crippen LogP contribution < -0.4 is 4.74 Å². The second kappa shape index (κ2) is 9.88. The molecule has 1 aromatic heterocycles. The average molecular weight is 472 g/mol. The highest BCUT2D eigenvalue weighted by molar-refractivity contribution is 5.97. The molecule has 2 saturated heterocycles. The molecule has 0 saturated carbocycles. The summed E-state index contributed by atoms with van der Waals surface area (Å²) in [6.45, 7) is 6.63. The molecule has 2 aliphatic heterocycles. The van der Waals surface area contributed by atoms with Gasteiger partial charge in [-0.1, -0.05) is 18.2 Å². The Bertz CT molecular complexity index is 1250. The lowest BCUT2D eigenvalue weighted by Gasteiger charge is -2.32. The van der Waals surface area contributed by atoms with Crippen LogP contribution in [0.15, 0.2) is 36.4 Å². The van der Waals surface area contributed by atoms with E-state index in [-0.39, 0.29) is 12.0 Å². The standard InChI is InChI=1S/C27H29N5O3/c1-17-13-18(2)24(14-23(17)25-29-27(31-30-25)35-22-9-12-34-16-22)26(33)32-10-7-21(8-11-32)20-5-3-19(15-28)4-6-20/h3-6,13-14,21-22H,7-12,16H2,1-2H3,(H,29,30,31). The van der Waals surface area contributed by atoms with E-state index in [1.165, 1.54) is 5.56 Å². The van der Waals surface area contributed by atoms with E-state index in [0.717, 1.165) is 36.0 Å². The summed E-state index contributed by atoms with van der Waals surface area (Å²) >= 11 is 0. The first kappa shape index (κ1) is 23.1. The largest absolute Gasteiger partial charge is 0.457 e. The van der Waals surface area contributed by atoms with E-state index >= 15 is 0 Å². The molecule has 0 radical (unpaired) electrons. The van der Waals surface area contributed by atoms with Crippen molar-refractivity contribution < 1.29 is 14.3 Å².